The van der Waals surface area contributed by atoms with Crippen molar-refractivity contribution in [1.82, 2.24) is 19.9 Å². The van der Waals surface area contributed by atoms with E-state index in [4.69, 9.17) is 0 Å². The first-order valence-corrected chi connectivity index (χ1v) is 9.83. The third kappa shape index (κ3) is 3.54. The Kier molecular flexibility index (Phi) is 5.48. The molecule has 30 heavy (non-hydrogen) atoms. The highest BCUT2D eigenvalue weighted by atomic mass is 19.1. The first-order chi connectivity index (χ1) is 14.4. The van der Waals surface area contributed by atoms with Crippen LogP contribution in [0.1, 0.15) is 16.7 Å². The topological polar surface area (TPSA) is 93.1 Å². The lowest BCUT2D eigenvalue weighted by Gasteiger charge is -2.44. The third-order valence-corrected chi connectivity index (χ3v) is 5.31. The van der Waals surface area contributed by atoms with Gasteiger partial charge in [0.05, 0.1) is 17.9 Å². The molecule has 0 radical (unpaired) electrons. The first-order valence-electron chi connectivity index (χ1n) is 9.83. The van der Waals surface area contributed by atoms with Crippen molar-refractivity contribution in [1.29, 1.82) is 0 Å². The van der Waals surface area contributed by atoms with E-state index < -0.39 is 4.65 Å². The van der Waals surface area contributed by atoms with E-state index in [0.717, 1.165) is 16.7 Å². The number of para-hydroxylation sites is 1. The molecule has 1 aliphatic rings. The van der Waals surface area contributed by atoms with Gasteiger partial charge in [0.15, 0.2) is 0 Å². The van der Waals surface area contributed by atoms with Crippen molar-refractivity contribution < 1.29 is 9.50 Å². The minimum absolute atomic E-state index is 0.0952. The van der Waals surface area contributed by atoms with E-state index in [1.54, 1.807) is 6.07 Å². The number of halogens is 1. The second-order valence-electron chi connectivity index (χ2n) is 7.42. The van der Waals surface area contributed by atoms with Crippen LogP contribution in [-0.4, -0.2) is 34.9 Å². The molecule has 0 fully saturated rings. The minimum Gasteiger partial charge on any atom is -0.620 e. The van der Waals surface area contributed by atoms with Gasteiger partial charge in [-0.2, -0.15) is 4.98 Å². The first kappa shape index (κ1) is 20.4. The maximum absolute atomic E-state index is 14.2. The molecule has 2 heterocycles. The number of rotatable bonds is 5. The van der Waals surface area contributed by atoms with Crippen molar-refractivity contribution in [2.75, 3.05) is 25.1 Å². The lowest BCUT2D eigenvalue weighted by molar-refractivity contribution is 0.310. The zero-order valence-electron chi connectivity index (χ0n) is 16.9. The Balaban J connectivity index is 1.97. The van der Waals surface area contributed by atoms with E-state index in [-0.39, 0.29) is 31.6 Å². The van der Waals surface area contributed by atoms with Crippen LogP contribution in [0.15, 0.2) is 42.5 Å². The minimum atomic E-state index is -0.772. The van der Waals surface area contributed by atoms with E-state index in [0.29, 0.717) is 29.3 Å². The number of fused-ring (bicyclic) bond motifs is 1. The second kappa shape index (κ2) is 8.08. The van der Waals surface area contributed by atoms with Crippen LogP contribution in [0.2, 0.25) is 0 Å². The number of hydroxylamine groups is 1. The predicted octanol–water partition coefficient (Wildman–Crippen LogP) is 3.50. The standard InChI is InChI=1S/C22H24FN5O2/c1-14-5-3-4-6-19(14)28(30)13-24-12-18-20(17-8-7-16(23)11-15(17)2)26-22(25-9-10-29)27-21(18)28/h3-8,11,24,29H,9-10,12-13H2,1-2H3,(H,25,26,27). The number of hydrogen-bond acceptors (Lipinski definition) is 6. The van der Waals surface area contributed by atoms with Crippen LogP contribution in [0, 0.1) is 24.9 Å². The van der Waals surface area contributed by atoms with Crippen molar-refractivity contribution in [3.63, 3.8) is 0 Å². The summed E-state index contributed by atoms with van der Waals surface area (Å²) in [6.07, 6.45) is 0. The number of quaternary nitrogens is 1. The lowest BCUT2D eigenvalue weighted by Crippen LogP contribution is -2.50. The number of nitrogens with zero attached hydrogens (tertiary/aromatic N) is 3. The number of aromatic nitrogens is 2. The average molecular weight is 409 g/mol. The fourth-order valence-electron chi connectivity index (χ4n) is 3.88. The van der Waals surface area contributed by atoms with Crippen LogP contribution in [0.25, 0.3) is 11.3 Å². The molecular weight excluding hydrogens is 385 g/mol. The maximum atomic E-state index is 14.2. The van der Waals surface area contributed by atoms with Crippen LogP contribution in [0.3, 0.4) is 0 Å². The summed E-state index contributed by atoms with van der Waals surface area (Å²) in [6.45, 7) is 4.43. The molecule has 1 aromatic heterocycles. The Labute approximate surface area is 174 Å². The molecule has 3 N–H and O–H groups in total. The van der Waals surface area contributed by atoms with Crippen LogP contribution >= 0.6 is 0 Å². The molecule has 1 unspecified atom stereocenters. The molecule has 4 rings (SSSR count). The molecule has 0 amide bonds. The highest BCUT2D eigenvalue weighted by molar-refractivity contribution is 5.75. The molecule has 1 atom stereocenters. The quantitative estimate of drug-likeness (QED) is 0.441. The smallest absolute Gasteiger partial charge is 0.243 e. The third-order valence-electron chi connectivity index (χ3n) is 5.31. The summed E-state index contributed by atoms with van der Waals surface area (Å²) in [5, 5.41) is 29.6. The van der Waals surface area contributed by atoms with Crippen LogP contribution in [-0.2, 0) is 6.54 Å². The van der Waals surface area contributed by atoms with Crippen molar-refractivity contribution in [2.45, 2.75) is 20.4 Å². The van der Waals surface area contributed by atoms with Gasteiger partial charge in [0.25, 0.3) is 0 Å². The van der Waals surface area contributed by atoms with E-state index in [2.05, 4.69) is 20.6 Å². The summed E-state index contributed by atoms with van der Waals surface area (Å²) in [6, 6.07) is 11.9. The molecular formula is C22H24FN5O2. The van der Waals surface area contributed by atoms with Crippen molar-refractivity contribution in [2.24, 2.45) is 0 Å². The van der Waals surface area contributed by atoms with Crippen LogP contribution < -0.4 is 15.3 Å². The summed E-state index contributed by atoms with van der Waals surface area (Å²) >= 11 is 0. The van der Waals surface area contributed by atoms with Crippen LogP contribution in [0.5, 0.6) is 0 Å². The molecule has 7 nitrogen and oxygen atoms in total. The van der Waals surface area contributed by atoms with Gasteiger partial charge in [0.1, 0.15) is 18.2 Å². The number of aliphatic hydroxyl groups excluding tert-OH is 1. The van der Waals surface area contributed by atoms with E-state index in [1.165, 1.54) is 12.1 Å². The monoisotopic (exact) mass is 409 g/mol. The van der Waals surface area contributed by atoms with E-state index >= 15 is 0 Å². The number of hydrogen-bond donors (Lipinski definition) is 3. The summed E-state index contributed by atoms with van der Waals surface area (Å²) < 4.78 is 12.9. The van der Waals surface area contributed by atoms with Gasteiger partial charge >= 0.3 is 0 Å². The number of nitrogens with one attached hydrogen (secondary N) is 2. The fraction of sp³-hybridized carbons (Fsp3) is 0.273. The van der Waals surface area contributed by atoms with Gasteiger partial charge in [-0.05, 0) is 37.6 Å². The van der Waals surface area contributed by atoms with Crippen molar-refractivity contribution in [3.05, 3.63) is 70.2 Å². The van der Waals surface area contributed by atoms with Gasteiger partial charge in [0, 0.05) is 30.3 Å². The summed E-state index contributed by atoms with van der Waals surface area (Å²) in [5.74, 6) is 0.275. The summed E-state index contributed by atoms with van der Waals surface area (Å²) in [5.41, 5.74) is 4.18. The van der Waals surface area contributed by atoms with Crippen LogP contribution in [0.4, 0.5) is 21.8 Å². The normalized spacial score (nSPS) is 18.2. The Morgan fingerprint density at radius 1 is 1.17 bits per heavy atom. The average Bonchev–Trinajstić information content (AvgIpc) is 2.73. The van der Waals surface area contributed by atoms with Crippen molar-refractivity contribution >= 4 is 17.5 Å². The summed E-state index contributed by atoms with van der Waals surface area (Å²) in [4.78, 5) is 9.19. The number of aliphatic hydroxyl groups is 1. The van der Waals surface area contributed by atoms with Gasteiger partial charge in [-0.25, -0.2) is 9.37 Å². The highest BCUT2D eigenvalue weighted by Gasteiger charge is 2.36. The molecule has 2 aromatic carbocycles. The fourth-order valence-corrected chi connectivity index (χ4v) is 3.88. The second-order valence-corrected chi connectivity index (χ2v) is 7.42. The zero-order chi connectivity index (χ0) is 21.3. The van der Waals surface area contributed by atoms with Gasteiger partial charge in [-0.15, -0.1) is 0 Å². The van der Waals surface area contributed by atoms with Gasteiger partial charge in [-0.1, -0.05) is 18.2 Å². The molecule has 8 heteroatoms. The Hall–Kier alpha value is -2.91. The SMILES string of the molecule is Cc1cc(F)ccc1-c1nc(NCCO)nc2c1CNC[N+]2([O-])c1ccccc1C. The molecule has 0 spiro atoms. The van der Waals surface area contributed by atoms with E-state index in [9.17, 15) is 14.7 Å². The Bertz CT molecular complexity index is 1090. The predicted molar refractivity (Wildman–Crippen MR) is 115 cm³/mol. The Morgan fingerprint density at radius 2 is 1.97 bits per heavy atom. The molecule has 3 aromatic rings. The van der Waals surface area contributed by atoms with Gasteiger partial charge in [-0.3, -0.25) is 9.96 Å². The molecule has 0 saturated carbocycles. The maximum Gasteiger partial charge on any atom is 0.243 e. The van der Waals surface area contributed by atoms with Gasteiger partial charge < -0.3 is 15.6 Å². The van der Waals surface area contributed by atoms with Gasteiger partial charge in [0.2, 0.25) is 11.8 Å². The largest absolute Gasteiger partial charge is 0.620 e. The van der Waals surface area contributed by atoms with E-state index in [1.807, 2.05) is 38.1 Å². The highest BCUT2D eigenvalue weighted by Crippen LogP contribution is 2.42. The van der Waals surface area contributed by atoms with Crippen molar-refractivity contribution in [3.8, 4) is 11.3 Å². The molecule has 156 valence electrons. The molecule has 0 aliphatic carbocycles. The lowest BCUT2D eigenvalue weighted by atomic mass is 9.99. The summed E-state index contributed by atoms with van der Waals surface area (Å²) in [7, 11) is 0. The molecule has 1 aliphatic heterocycles. The molecule has 0 bridgehead atoms. The Morgan fingerprint density at radius 3 is 2.70 bits per heavy atom. The molecule has 0 saturated heterocycles. The number of aryl methyl sites for hydroxylation is 2. The number of anilines is 1. The zero-order valence-corrected chi connectivity index (χ0v) is 16.9. The number of benzene rings is 2.